The van der Waals surface area contributed by atoms with Gasteiger partial charge < -0.3 is 0 Å². The summed E-state index contributed by atoms with van der Waals surface area (Å²) in [5.41, 5.74) is 3.28. The first-order valence-electron chi connectivity index (χ1n) is 10.7. The first kappa shape index (κ1) is 19.0. The molecular formula is C25H33N. The van der Waals surface area contributed by atoms with E-state index in [0.717, 1.165) is 23.3 Å². The van der Waals surface area contributed by atoms with Crippen molar-refractivity contribution >= 4 is 5.57 Å². The van der Waals surface area contributed by atoms with E-state index in [-0.39, 0.29) is 0 Å². The zero-order valence-corrected chi connectivity index (χ0v) is 16.3. The Balaban J connectivity index is 1.44. The number of rotatable bonds is 7. The molecule has 1 heteroatoms. The van der Waals surface area contributed by atoms with Crippen LogP contribution in [0, 0.1) is 29.1 Å². The quantitative estimate of drug-likeness (QED) is 0.475. The molecule has 0 heterocycles. The van der Waals surface area contributed by atoms with Crippen LogP contribution >= 0.6 is 0 Å². The fourth-order valence-electron chi connectivity index (χ4n) is 4.70. The fraction of sp³-hybridized carbons (Fsp3) is 0.560. The highest BCUT2D eigenvalue weighted by Crippen LogP contribution is 2.39. The highest BCUT2D eigenvalue weighted by molar-refractivity contribution is 5.75. The topological polar surface area (TPSA) is 23.8 Å². The maximum Gasteiger partial charge on any atom is 0.0991 e. The van der Waals surface area contributed by atoms with Crippen LogP contribution in [0.1, 0.15) is 82.3 Å². The van der Waals surface area contributed by atoms with E-state index >= 15 is 0 Å². The van der Waals surface area contributed by atoms with Crippen molar-refractivity contribution in [2.45, 2.75) is 71.1 Å². The van der Waals surface area contributed by atoms with E-state index < -0.39 is 0 Å². The van der Waals surface area contributed by atoms with E-state index in [9.17, 15) is 0 Å². The van der Waals surface area contributed by atoms with Crippen molar-refractivity contribution in [2.24, 2.45) is 17.8 Å². The number of nitriles is 1. The predicted octanol–water partition coefficient (Wildman–Crippen LogP) is 7.29. The lowest BCUT2D eigenvalue weighted by Gasteiger charge is -2.33. The van der Waals surface area contributed by atoms with Crippen LogP contribution in [0.3, 0.4) is 0 Å². The molecule has 1 aromatic rings. The molecule has 138 valence electrons. The molecule has 1 unspecified atom stereocenters. The average molecular weight is 348 g/mol. The van der Waals surface area contributed by atoms with Crippen LogP contribution in [-0.4, -0.2) is 0 Å². The summed E-state index contributed by atoms with van der Waals surface area (Å²) < 4.78 is 0. The minimum Gasteiger partial charge on any atom is -0.192 e. The van der Waals surface area contributed by atoms with E-state index in [1.807, 2.05) is 12.1 Å². The Bertz CT molecular complexity index is 650. The average Bonchev–Trinajstić information content (AvgIpc) is 2.72. The molecule has 0 spiro atoms. The van der Waals surface area contributed by atoms with Gasteiger partial charge in [0.2, 0.25) is 0 Å². The largest absolute Gasteiger partial charge is 0.192 e. The maximum atomic E-state index is 8.93. The smallest absolute Gasteiger partial charge is 0.0991 e. The van der Waals surface area contributed by atoms with Gasteiger partial charge in [-0.05, 0) is 60.3 Å². The lowest BCUT2D eigenvalue weighted by atomic mass is 9.72. The second-order valence-corrected chi connectivity index (χ2v) is 8.24. The highest BCUT2D eigenvalue weighted by atomic mass is 14.3. The number of benzene rings is 1. The van der Waals surface area contributed by atoms with Gasteiger partial charge in [-0.1, -0.05) is 82.2 Å². The van der Waals surface area contributed by atoms with Gasteiger partial charge in [-0.3, -0.25) is 0 Å². The van der Waals surface area contributed by atoms with Crippen molar-refractivity contribution in [3.8, 4) is 6.07 Å². The summed E-state index contributed by atoms with van der Waals surface area (Å²) in [6.45, 7) is 2.30. The van der Waals surface area contributed by atoms with Crippen LogP contribution in [0.5, 0.6) is 0 Å². The van der Waals surface area contributed by atoms with Crippen molar-refractivity contribution in [3.05, 3.63) is 53.6 Å². The van der Waals surface area contributed by atoms with Gasteiger partial charge in [0.1, 0.15) is 0 Å². The molecule has 0 bridgehead atoms. The fourth-order valence-corrected chi connectivity index (χ4v) is 4.70. The molecular weight excluding hydrogens is 314 g/mol. The number of hydrogen-bond acceptors (Lipinski definition) is 1. The van der Waals surface area contributed by atoms with Gasteiger partial charge in [-0.25, -0.2) is 0 Å². The van der Waals surface area contributed by atoms with Crippen LogP contribution in [-0.2, 0) is 0 Å². The summed E-state index contributed by atoms with van der Waals surface area (Å²) >= 11 is 0. The molecule has 1 fully saturated rings. The minimum absolute atomic E-state index is 0.734. The van der Waals surface area contributed by atoms with Gasteiger partial charge in [0.05, 0.1) is 11.6 Å². The zero-order valence-electron chi connectivity index (χ0n) is 16.3. The molecule has 1 aromatic carbocycles. The number of allylic oxidation sites excluding steroid dienone is 4. The third kappa shape index (κ3) is 5.10. The van der Waals surface area contributed by atoms with Crippen LogP contribution < -0.4 is 0 Å². The molecule has 0 saturated heterocycles. The summed E-state index contributed by atoms with van der Waals surface area (Å²) in [4.78, 5) is 0. The van der Waals surface area contributed by atoms with Crippen molar-refractivity contribution in [2.75, 3.05) is 0 Å². The Morgan fingerprint density at radius 3 is 2.38 bits per heavy atom. The van der Waals surface area contributed by atoms with Crippen molar-refractivity contribution in [1.29, 1.82) is 5.26 Å². The van der Waals surface area contributed by atoms with Gasteiger partial charge in [0.25, 0.3) is 0 Å². The van der Waals surface area contributed by atoms with Crippen LogP contribution in [0.15, 0.2) is 42.5 Å². The summed E-state index contributed by atoms with van der Waals surface area (Å²) in [5.74, 6) is 2.62. The van der Waals surface area contributed by atoms with Crippen LogP contribution in [0.4, 0.5) is 0 Å². The predicted molar refractivity (Wildman–Crippen MR) is 111 cm³/mol. The summed E-state index contributed by atoms with van der Waals surface area (Å²) in [7, 11) is 0. The number of unbranched alkanes of at least 4 members (excludes halogenated alkanes) is 3. The third-order valence-corrected chi connectivity index (χ3v) is 6.44. The van der Waals surface area contributed by atoms with E-state index in [1.165, 1.54) is 75.3 Å². The standard InChI is InChI=1S/C25H33N/c1-2-3-4-5-6-20-7-11-22(12-8-20)24-15-17-25(18-16-24)23-13-9-21(19-26)10-14-23/h9-10,13-15,17-18,20,22,24H,2-8,11-12,16H2,1H3/t20-,22-,24?. The molecule has 3 rings (SSSR count). The van der Waals surface area contributed by atoms with Gasteiger partial charge >= 0.3 is 0 Å². The minimum atomic E-state index is 0.734. The number of hydrogen-bond donors (Lipinski definition) is 0. The normalized spacial score (nSPS) is 25.5. The SMILES string of the molecule is CCCCCC[C@H]1CC[C@H](C2C=CC(c3ccc(C#N)cc3)=CC2)CC1. The number of nitrogens with zero attached hydrogens (tertiary/aromatic N) is 1. The van der Waals surface area contributed by atoms with E-state index in [1.54, 1.807) is 0 Å². The summed E-state index contributed by atoms with van der Waals surface area (Å²) in [5, 5.41) is 8.93. The Labute approximate surface area is 159 Å². The van der Waals surface area contributed by atoms with Gasteiger partial charge in [-0.15, -0.1) is 0 Å². The molecule has 0 aliphatic heterocycles. The van der Waals surface area contributed by atoms with Crippen molar-refractivity contribution in [1.82, 2.24) is 0 Å². The monoisotopic (exact) mass is 347 g/mol. The molecule has 1 atom stereocenters. The lowest BCUT2D eigenvalue weighted by molar-refractivity contribution is 0.218. The molecule has 2 aliphatic carbocycles. The molecule has 26 heavy (non-hydrogen) atoms. The molecule has 0 aromatic heterocycles. The lowest BCUT2D eigenvalue weighted by Crippen LogP contribution is -2.21. The Kier molecular flexibility index (Phi) is 7.13. The first-order valence-corrected chi connectivity index (χ1v) is 10.7. The second kappa shape index (κ2) is 9.77. The maximum absolute atomic E-state index is 8.93. The first-order chi connectivity index (χ1) is 12.8. The van der Waals surface area contributed by atoms with E-state index in [4.69, 9.17) is 5.26 Å². The second-order valence-electron chi connectivity index (χ2n) is 8.24. The molecule has 0 radical (unpaired) electrons. The third-order valence-electron chi connectivity index (χ3n) is 6.44. The van der Waals surface area contributed by atoms with Crippen molar-refractivity contribution < 1.29 is 0 Å². The van der Waals surface area contributed by atoms with E-state index in [2.05, 4.69) is 43.4 Å². The van der Waals surface area contributed by atoms with Gasteiger partial charge in [0, 0.05) is 0 Å². The zero-order chi connectivity index (χ0) is 18.2. The summed E-state index contributed by atoms with van der Waals surface area (Å²) in [6.07, 6.45) is 21.2. The van der Waals surface area contributed by atoms with Gasteiger partial charge in [-0.2, -0.15) is 5.26 Å². The van der Waals surface area contributed by atoms with Crippen LogP contribution in [0.2, 0.25) is 0 Å². The Morgan fingerprint density at radius 1 is 1.00 bits per heavy atom. The molecule has 0 amide bonds. The van der Waals surface area contributed by atoms with Crippen LogP contribution in [0.25, 0.3) is 5.57 Å². The summed E-state index contributed by atoms with van der Waals surface area (Å²) in [6, 6.07) is 10.2. The molecule has 1 nitrogen and oxygen atoms in total. The molecule has 2 aliphatic rings. The van der Waals surface area contributed by atoms with E-state index in [0.29, 0.717) is 0 Å². The Hall–Kier alpha value is -1.81. The van der Waals surface area contributed by atoms with Gasteiger partial charge in [0.15, 0.2) is 0 Å². The highest BCUT2D eigenvalue weighted by Gasteiger charge is 2.26. The molecule has 0 N–H and O–H groups in total. The molecule has 1 saturated carbocycles. The van der Waals surface area contributed by atoms with Crippen molar-refractivity contribution in [3.63, 3.8) is 0 Å². The Morgan fingerprint density at radius 2 is 1.77 bits per heavy atom.